The van der Waals surface area contributed by atoms with E-state index in [1.807, 2.05) is 0 Å². The van der Waals surface area contributed by atoms with Crippen molar-refractivity contribution in [3.8, 4) is 0 Å². The molecular weight excluding hydrogens is 232 g/mol. The summed E-state index contributed by atoms with van der Waals surface area (Å²) in [6.45, 7) is 0. The number of hydrogen-bond acceptors (Lipinski definition) is 3. The molecule has 0 bridgehead atoms. The predicted octanol–water partition coefficient (Wildman–Crippen LogP) is 1.95. The molecule has 18 heavy (non-hydrogen) atoms. The van der Waals surface area contributed by atoms with Gasteiger partial charge in [0, 0.05) is 7.05 Å². The van der Waals surface area contributed by atoms with Crippen molar-refractivity contribution in [3.05, 3.63) is 0 Å². The van der Waals surface area contributed by atoms with Crippen molar-refractivity contribution in [1.29, 1.82) is 0 Å². The Morgan fingerprint density at radius 3 is 2.56 bits per heavy atom. The van der Waals surface area contributed by atoms with Crippen LogP contribution in [0.5, 0.6) is 0 Å². The van der Waals surface area contributed by atoms with Gasteiger partial charge in [0.15, 0.2) is 6.10 Å². The zero-order valence-corrected chi connectivity index (χ0v) is 11.1. The Balaban J connectivity index is 2.27. The van der Waals surface area contributed by atoms with E-state index in [-0.39, 0.29) is 5.91 Å². The molecule has 2 amide bonds. The van der Waals surface area contributed by atoms with Crippen molar-refractivity contribution in [2.45, 2.75) is 57.5 Å². The largest absolute Gasteiger partial charge is 0.436 e. The van der Waals surface area contributed by atoms with Crippen LogP contribution in [0.2, 0.25) is 0 Å². The van der Waals surface area contributed by atoms with E-state index in [2.05, 4.69) is 5.32 Å². The number of nitrogens with two attached hydrogens (primary N) is 1. The first-order valence-corrected chi connectivity index (χ1v) is 6.81. The van der Waals surface area contributed by atoms with Crippen LogP contribution in [0.1, 0.15) is 51.4 Å². The first-order chi connectivity index (χ1) is 8.63. The van der Waals surface area contributed by atoms with E-state index in [4.69, 9.17) is 10.5 Å². The first-order valence-electron chi connectivity index (χ1n) is 6.81. The van der Waals surface area contributed by atoms with E-state index >= 15 is 0 Å². The van der Waals surface area contributed by atoms with Gasteiger partial charge in [0.1, 0.15) is 0 Å². The van der Waals surface area contributed by atoms with Crippen molar-refractivity contribution >= 4 is 12.0 Å². The highest BCUT2D eigenvalue weighted by Crippen LogP contribution is 2.28. The average molecular weight is 256 g/mol. The number of rotatable bonds is 6. The summed E-state index contributed by atoms with van der Waals surface area (Å²) in [5.74, 6) is 0.495. The van der Waals surface area contributed by atoms with Crippen LogP contribution in [0.25, 0.3) is 0 Å². The Bertz CT molecular complexity index is 275. The number of ether oxygens (including phenoxy) is 1. The summed E-state index contributed by atoms with van der Waals surface area (Å²) in [6.07, 6.45) is 7.51. The number of amides is 2. The maximum absolute atomic E-state index is 11.5. The average Bonchev–Trinajstić information content (AvgIpc) is 2.37. The molecule has 1 aliphatic rings. The molecule has 104 valence electrons. The monoisotopic (exact) mass is 256 g/mol. The normalized spacial score (nSPS) is 18.1. The molecule has 1 fully saturated rings. The molecule has 0 saturated heterocycles. The van der Waals surface area contributed by atoms with Gasteiger partial charge < -0.3 is 15.8 Å². The van der Waals surface area contributed by atoms with Crippen LogP contribution in [0, 0.1) is 5.92 Å². The topological polar surface area (TPSA) is 81.4 Å². The maximum atomic E-state index is 11.5. The summed E-state index contributed by atoms with van der Waals surface area (Å²) in [5.41, 5.74) is 4.96. The lowest BCUT2D eigenvalue weighted by molar-refractivity contribution is -0.129. The minimum Gasteiger partial charge on any atom is -0.436 e. The lowest BCUT2D eigenvalue weighted by Gasteiger charge is -2.22. The number of hydrogen-bond donors (Lipinski definition) is 2. The van der Waals surface area contributed by atoms with Gasteiger partial charge in [0.25, 0.3) is 5.91 Å². The van der Waals surface area contributed by atoms with Crippen molar-refractivity contribution in [2.75, 3.05) is 7.05 Å². The third-order valence-corrected chi connectivity index (χ3v) is 3.60. The zero-order valence-electron chi connectivity index (χ0n) is 11.1. The van der Waals surface area contributed by atoms with Crippen molar-refractivity contribution in [1.82, 2.24) is 5.32 Å². The first kappa shape index (κ1) is 14.8. The van der Waals surface area contributed by atoms with Crippen LogP contribution in [0.15, 0.2) is 0 Å². The SMILES string of the molecule is CNC(=O)[C@H](CCCC1CCCCC1)OC(N)=O. The number of nitrogens with one attached hydrogen (secondary N) is 1. The Hall–Kier alpha value is -1.26. The fraction of sp³-hybridized carbons (Fsp3) is 0.846. The van der Waals surface area contributed by atoms with Gasteiger partial charge in [-0.1, -0.05) is 38.5 Å². The number of carbonyl (C=O) groups is 2. The van der Waals surface area contributed by atoms with E-state index < -0.39 is 12.2 Å². The fourth-order valence-corrected chi connectivity index (χ4v) is 2.61. The molecule has 3 N–H and O–H groups in total. The third kappa shape index (κ3) is 5.38. The summed E-state index contributed by atoms with van der Waals surface area (Å²) >= 11 is 0. The Kier molecular flexibility index (Phi) is 6.54. The summed E-state index contributed by atoms with van der Waals surface area (Å²) in [4.78, 5) is 22.2. The van der Waals surface area contributed by atoms with E-state index in [0.717, 1.165) is 18.8 Å². The molecule has 0 radical (unpaired) electrons. The molecule has 1 atom stereocenters. The third-order valence-electron chi connectivity index (χ3n) is 3.60. The highest BCUT2D eigenvalue weighted by Gasteiger charge is 2.21. The van der Waals surface area contributed by atoms with Gasteiger partial charge in [-0.2, -0.15) is 0 Å². The second-order valence-corrected chi connectivity index (χ2v) is 4.97. The van der Waals surface area contributed by atoms with E-state index in [0.29, 0.717) is 6.42 Å². The van der Waals surface area contributed by atoms with E-state index in [1.54, 1.807) is 0 Å². The van der Waals surface area contributed by atoms with Crippen molar-refractivity contribution in [2.24, 2.45) is 11.7 Å². The minimum atomic E-state index is -0.888. The van der Waals surface area contributed by atoms with Crippen molar-refractivity contribution < 1.29 is 14.3 Å². The molecule has 0 unspecified atom stereocenters. The Morgan fingerprint density at radius 2 is 2.00 bits per heavy atom. The second-order valence-electron chi connectivity index (χ2n) is 4.97. The van der Waals surface area contributed by atoms with Crippen molar-refractivity contribution in [3.63, 3.8) is 0 Å². The molecule has 0 aliphatic heterocycles. The Morgan fingerprint density at radius 1 is 1.33 bits per heavy atom. The highest BCUT2D eigenvalue weighted by molar-refractivity contribution is 5.82. The lowest BCUT2D eigenvalue weighted by Crippen LogP contribution is -2.37. The molecule has 0 spiro atoms. The fourth-order valence-electron chi connectivity index (χ4n) is 2.61. The van der Waals surface area contributed by atoms with Gasteiger partial charge in [-0.3, -0.25) is 4.79 Å². The Labute approximate surface area is 108 Å². The number of primary amides is 1. The van der Waals surface area contributed by atoms with Crippen LogP contribution >= 0.6 is 0 Å². The predicted molar refractivity (Wildman–Crippen MR) is 68.9 cm³/mol. The molecule has 0 heterocycles. The van der Waals surface area contributed by atoms with Gasteiger partial charge in [-0.25, -0.2) is 4.79 Å². The second kappa shape index (κ2) is 7.95. The van der Waals surface area contributed by atoms with Crippen LogP contribution in [-0.2, 0) is 9.53 Å². The number of carbonyl (C=O) groups excluding carboxylic acids is 2. The molecule has 1 saturated carbocycles. The molecule has 1 aliphatic carbocycles. The standard InChI is InChI=1S/C13H24N2O3/c1-15-12(16)11(18-13(14)17)9-5-8-10-6-3-2-4-7-10/h10-11H,2-9H2,1H3,(H2,14,17)(H,15,16)/t11-/m0/s1. The van der Waals surface area contributed by atoms with Crippen LogP contribution in [-0.4, -0.2) is 25.2 Å². The van der Waals surface area contributed by atoms with Gasteiger partial charge in [0.2, 0.25) is 0 Å². The quantitative estimate of drug-likeness (QED) is 0.762. The molecule has 1 rings (SSSR count). The van der Waals surface area contributed by atoms with Gasteiger partial charge in [-0.15, -0.1) is 0 Å². The number of likely N-dealkylation sites (N-methyl/N-ethyl adjacent to an activating group) is 1. The van der Waals surface area contributed by atoms with Crippen LogP contribution in [0.4, 0.5) is 4.79 Å². The van der Waals surface area contributed by atoms with Gasteiger partial charge in [0.05, 0.1) is 0 Å². The lowest BCUT2D eigenvalue weighted by atomic mass is 9.85. The smallest absolute Gasteiger partial charge is 0.405 e. The van der Waals surface area contributed by atoms with Crippen LogP contribution in [0.3, 0.4) is 0 Å². The molecule has 5 nitrogen and oxygen atoms in total. The van der Waals surface area contributed by atoms with Crippen LogP contribution < -0.4 is 11.1 Å². The summed E-state index contributed by atoms with van der Waals surface area (Å²) in [7, 11) is 1.53. The summed E-state index contributed by atoms with van der Waals surface area (Å²) < 4.78 is 4.82. The molecule has 0 aromatic heterocycles. The minimum absolute atomic E-state index is 0.280. The summed E-state index contributed by atoms with van der Waals surface area (Å²) in [5, 5.41) is 2.49. The van der Waals surface area contributed by atoms with Gasteiger partial charge in [-0.05, 0) is 18.8 Å². The van der Waals surface area contributed by atoms with E-state index in [1.165, 1.54) is 39.2 Å². The molecule has 0 aromatic rings. The summed E-state index contributed by atoms with van der Waals surface area (Å²) in [6, 6.07) is 0. The van der Waals surface area contributed by atoms with Gasteiger partial charge >= 0.3 is 6.09 Å². The highest BCUT2D eigenvalue weighted by atomic mass is 16.6. The molecular formula is C13H24N2O3. The van der Waals surface area contributed by atoms with E-state index in [9.17, 15) is 9.59 Å². The molecule has 5 heteroatoms. The molecule has 0 aromatic carbocycles. The maximum Gasteiger partial charge on any atom is 0.405 e. The zero-order chi connectivity index (χ0) is 13.4.